The number of hydrogen-bond donors (Lipinski definition) is 1. The van der Waals surface area contributed by atoms with Gasteiger partial charge in [0.15, 0.2) is 0 Å². The van der Waals surface area contributed by atoms with E-state index in [0.717, 1.165) is 45.7 Å². The van der Waals surface area contributed by atoms with Crippen LogP contribution in [0.1, 0.15) is 6.42 Å². The van der Waals surface area contributed by atoms with E-state index in [1.165, 1.54) is 0 Å². The van der Waals surface area contributed by atoms with E-state index >= 15 is 0 Å². The third-order valence-corrected chi connectivity index (χ3v) is 2.46. The quantitative estimate of drug-likeness (QED) is 0.667. The molecule has 0 aromatic carbocycles. The summed E-state index contributed by atoms with van der Waals surface area (Å²) < 4.78 is 1.78. The van der Waals surface area contributed by atoms with E-state index in [2.05, 4.69) is 25.7 Å². The van der Waals surface area contributed by atoms with Gasteiger partial charge in [0, 0.05) is 39.3 Å². The topological polar surface area (TPSA) is 58.9 Å². The average Bonchev–Trinajstić information content (AvgIpc) is 2.72. The molecule has 1 aliphatic rings. The molecule has 0 spiro atoms. The fourth-order valence-corrected chi connectivity index (χ4v) is 1.67. The van der Waals surface area contributed by atoms with Crippen LogP contribution in [-0.4, -0.2) is 57.8 Å². The lowest BCUT2D eigenvalue weighted by molar-refractivity contribution is 0.233. The molecule has 6 heteroatoms. The highest BCUT2D eigenvalue weighted by atomic mass is 15.5. The fraction of sp³-hybridized carbons (Fsp3) is 0.875. The molecule has 0 radical (unpaired) electrons. The number of rotatable bonds is 4. The minimum Gasteiger partial charge on any atom is -0.314 e. The maximum absolute atomic E-state index is 3.82. The van der Waals surface area contributed by atoms with Crippen LogP contribution in [0.3, 0.4) is 0 Å². The summed E-state index contributed by atoms with van der Waals surface area (Å²) in [5, 5.41) is 14.4. The molecule has 0 unspecified atom stereocenters. The predicted molar refractivity (Wildman–Crippen MR) is 51.7 cm³/mol. The summed E-state index contributed by atoms with van der Waals surface area (Å²) >= 11 is 0. The maximum Gasteiger partial charge on any atom is 0.138 e. The second-order valence-corrected chi connectivity index (χ2v) is 3.52. The van der Waals surface area contributed by atoms with Crippen molar-refractivity contribution in [1.82, 2.24) is 30.4 Å². The Morgan fingerprint density at radius 3 is 2.79 bits per heavy atom. The first kappa shape index (κ1) is 9.54. The van der Waals surface area contributed by atoms with Crippen molar-refractivity contribution in [2.75, 3.05) is 32.7 Å². The van der Waals surface area contributed by atoms with Crippen LogP contribution in [0.5, 0.6) is 0 Å². The van der Waals surface area contributed by atoms with Crippen LogP contribution in [0, 0.1) is 0 Å². The van der Waals surface area contributed by atoms with Crippen molar-refractivity contribution < 1.29 is 0 Å². The van der Waals surface area contributed by atoms with Gasteiger partial charge in [-0.15, -0.1) is 5.10 Å². The molecule has 0 bridgehead atoms. The lowest BCUT2D eigenvalue weighted by Crippen LogP contribution is -2.43. The maximum atomic E-state index is 3.82. The molecular weight excluding hydrogens is 180 g/mol. The van der Waals surface area contributed by atoms with E-state index in [0.29, 0.717) is 0 Å². The molecular formula is C8H16N6. The van der Waals surface area contributed by atoms with Gasteiger partial charge in [-0.1, -0.05) is 0 Å². The molecule has 0 amide bonds. The zero-order valence-corrected chi connectivity index (χ0v) is 8.26. The van der Waals surface area contributed by atoms with Crippen LogP contribution < -0.4 is 5.32 Å². The van der Waals surface area contributed by atoms with Gasteiger partial charge in [0.1, 0.15) is 6.33 Å². The van der Waals surface area contributed by atoms with Crippen molar-refractivity contribution in [2.24, 2.45) is 0 Å². The summed E-state index contributed by atoms with van der Waals surface area (Å²) in [6.45, 7) is 6.61. The molecule has 14 heavy (non-hydrogen) atoms. The molecule has 1 aliphatic heterocycles. The van der Waals surface area contributed by atoms with Gasteiger partial charge in [-0.05, 0) is 16.8 Å². The van der Waals surface area contributed by atoms with E-state index in [4.69, 9.17) is 0 Å². The van der Waals surface area contributed by atoms with Crippen molar-refractivity contribution >= 4 is 0 Å². The first-order chi connectivity index (χ1) is 6.95. The number of hydrogen-bond acceptors (Lipinski definition) is 5. The van der Waals surface area contributed by atoms with Crippen LogP contribution >= 0.6 is 0 Å². The number of aromatic nitrogens is 4. The van der Waals surface area contributed by atoms with Gasteiger partial charge < -0.3 is 10.2 Å². The Kier molecular flexibility index (Phi) is 3.42. The molecule has 2 heterocycles. The minimum atomic E-state index is 0.914. The summed E-state index contributed by atoms with van der Waals surface area (Å²) in [4.78, 5) is 2.47. The van der Waals surface area contributed by atoms with Gasteiger partial charge in [0.25, 0.3) is 0 Å². The molecule has 78 valence electrons. The third-order valence-electron chi connectivity index (χ3n) is 2.46. The number of piperazine rings is 1. The lowest BCUT2D eigenvalue weighted by Gasteiger charge is -2.26. The van der Waals surface area contributed by atoms with Gasteiger partial charge in [0.05, 0.1) is 0 Å². The standard InChI is InChI=1S/C8H16N6/c1(5-14-8-10-11-12-14)4-13-6-2-9-3-7-13/h8-9H,1-7H2. The van der Waals surface area contributed by atoms with E-state index in [9.17, 15) is 0 Å². The van der Waals surface area contributed by atoms with Gasteiger partial charge in [-0.3, -0.25) is 0 Å². The van der Waals surface area contributed by atoms with E-state index in [1.54, 1.807) is 11.0 Å². The summed E-state index contributed by atoms with van der Waals surface area (Å²) in [6, 6.07) is 0. The normalized spacial score (nSPS) is 18.6. The van der Waals surface area contributed by atoms with Crippen molar-refractivity contribution in [1.29, 1.82) is 0 Å². The molecule has 1 N–H and O–H groups in total. The molecule has 1 fully saturated rings. The molecule has 0 atom stereocenters. The van der Waals surface area contributed by atoms with Crippen molar-refractivity contribution in [2.45, 2.75) is 13.0 Å². The molecule has 0 aliphatic carbocycles. The summed E-state index contributed by atoms with van der Waals surface area (Å²) in [7, 11) is 0. The Labute approximate surface area is 83.3 Å². The van der Waals surface area contributed by atoms with Gasteiger partial charge in [-0.25, -0.2) is 4.68 Å². The van der Waals surface area contributed by atoms with Gasteiger partial charge in [0.2, 0.25) is 0 Å². The van der Waals surface area contributed by atoms with Crippen LogP contribution in [0.15, 0.2) is 6.33 Å². The molecule has 1 saturated heterocycles. The molecule has 6 nitrogen and oxygen atoms in total. The zero-order chi connectivity index (χ0) is 9.64. The van der Waals surface area contributed by atoms with Crippen LogP contribution in [0.4, 0.5) is 0 Å². The number of nitrogens with zero attached hydrogens (tertiary/aromatic N) is 5. The second kappa shape index (κ2) is 5.02. The monoisotopic (exact) mass is 196 g/mol. The summed E-state index contributed by atoms with van der Waals surface area (Å²) in [6.07, 6.45) is 2.78. The van der Waals surface area contributed by atoms with Crippen LogP contribution in [-0.2, 0) is 6.54 Å². The smallest absolute Gasteiger partial charge is 0.138 e. The van der Waals surface area contributed by atoms with Crippen LogP contribution in [0.2, 0.25) is 0 Å². The highest BCUT2D eigenvalue weighted by Crippen LogP contribution is 1.95. The van der Waals surface area contributed by atoms with Crippen molar-refractivity contribution in [3.63, 3.8) is 0 Å². The Bertz CT molecular complexity index is 240. The first-order valence-corrected chi connectivity index (χ1v) is 5.09. The predicted octanol–water partition coefficient (Wildman–Crippen LogP) is -1.03. The van der Waals surface area contributed by atoms with E-state index in [1.807, 2.05) is 0 Å². The highest BCUT2D eigenvalue weighted by Gasteiger charge is 2.08. The Morgan fingerprint density at radius 1 is 1.21 bits per heavy atom. The van der Waals surface area contributed by atoms with Crippen LogP contribution in [0.25, 0.3) is 0 Å². The highest BCUT2D eigenvalue weighted by molar-refractivity contribution is 4.67. The number of nitrogens with one attached hydrogen (secondary N) is 1. The largest absolute Gasteiger partial charge is 0.314 e. The molecule has 2 rings (SSSR count). The first-order valence-electron chi connectivity index (χ1n) is 5.09. The molecule has 1 aromatic heterocycles. The van der Waals surface area contributed by atoms with Gasteiger partial charge in [-0.2, -0.15) is 0 Å². The third kappa shape index (κ3) is 2.74. The fourth-order valence-electron chi connectivity index (χ4n) is 1.67. The second-order valence-electron chi connectivity index (χ2n) is 3.52. The molecule has 0 saturated carbocycles. The SMILES string of the molecule is c1nnnn1CCCN1CCNCC1. The van der Waals surface area contributed by atoms with Crippen molar-refractivity contribution in [3.8, 4) is 0 Å². The zero-order valence-electron chi connectivity index (χ0n) is 8.26. The van der Waals surface area contributed by atoms with E-state index in [-0.39, 0.29) is 0 Å². The summed E-state index contributed by atoms with van der Waals surface area (Å²) in [5.41, 5.74) is 0. The van der Waals surface area contributed by atoms with E-state index < -0.39 is 0 Å². The number of tetrazole rings is 1. The number of aryl methyl sites for hydroxylation is 1. The molecule has 1 aromatic rings. The Morgan fingerprint density at radius 2 is 2.07 bits per heavy atom. The Balaban J connectivity index is 1.62. The average molecular weight is 196 g/mol. The van der Waals surface area contributed by atoms with Gasteiger partial charge >= 0.3 is 0 Å². The lowest BCUT2D eigenvalue weighted by atomic mass is 10.3. The summed E-state index contributed by atoms with van der Waals surface area (Å²) in [5.74, 6) is 0. The van der Waals surface area contributed by atoms with Crippen molar-refractivity contribution in [3.05, 3.63) is 6.33 Å². The Hall–Kier alpha value is -1.01. The minimum absolute atomic E-state index is 0.914.